The lowest BCUT2D eigenvalue weighted by Crippen LogP contribution is -2.45. The van der Waals surface area contributed by atoms with Crippen LogP contribution in [-0.2, 0) is 11.2 Å². The van der Waals surface area contributed by atoms with Crippen molar-refractivity contribution in [1.82, 2.24) is 10.3 Å². The predicted molar refractivity (Wildman–Crippen MR) is 78.9 cm³/mol. The van der Waals surface area contributed by atoms with Gasteiger partial charge in [0.2, 0.25) is 5.91 Å². The van der Waals surface area contributed by atoms with E-state index in [0.29, 0.717) is 6.42 Å². The van der Waals surface area contributed by atoms with E-state index >= 15 is 0 Å². The van der Waals surface area contributed by atoms with E-state index in [9.17, 15) is 4.79 Å². The van der Waals surface area contributed by atoms with Crippen LogP contribution in [0, 0.1) is 5.41 Å². The number of hydrogen-bond acceptors (Lipinski definition) is 2. The summed E-state index contributed by atoms with van der Waals surface area (Å²) in [6.45, 7) is 10.7. The van der Waals surface area contributed by atoms with Gasteiger partial charge in [-0.3, -0.25) is 9.78 Å². The molecule has 0 fully saturated rings. The van der Waals surface area contributed by atoms with Crippen LogP contribution in [0.25, 0.3) is 0 Å². The van der Waals surface area contributed by atoms with E-state index in [2.05, 4.69) is 44.9 Å². The topological polar surface area (TPSA) is 42.0 Å². The summed E-state index contributed by atoms with van der Waals surface area (Å²) in [7, 11) is 0. The van der Waals surface area contributed by atoms with Gasteiger partial charge in [-0.25, -0.2) is 0 Å². The van der Waals surface area contributed by atoms with E-state index in [1.54, 1.807) is 6.20 Å². The standard InChI is InChI=1S/C16H26N2O/c1-15(2,3)12-16(4,5)18-14(19)9-8-13-7-6-10-17-11-13/h6-7,10-11H,8-9,12H2,1-5H3,(H,18,19). The van der Waals surface area contributed by atoms with Crippen LogP contribution >= 0.6 is 0 Å². The Labute approximate surface area is 116 Å². The van der Waals surface area contributed by atoms with Gasteiger partial charge < -0.3 is 5.32 Å². The fourth-order valence-corrected chi connectivity index (χ4v) is 2.61. The number of aromatic nitrogens is 1. The number of nitrogens with zero attached hydrogens (tertiary/aromatic N) is 1. The molecule has 1 aromatic heterocycles. The number of carbonyl (C=O) groups is 1. The first kappa shape index (κ1) is 15.7. The maximum atomic E-state index is 12.0. The third-order valence-electron chi connectivity index (χ3n) is 2.81. The van der Waals surface area contributed by atoms with Crippen LogP contribution in [0.5, 0.6) is 0 Å². The molecule has 3 heteroatoms. The third kappa shape index (κ3) is 6.94. The first-order chi connectivity index (χ1) is 8.68. The summed E-state index contributed by atoms with van der Waals surface area (Å²) in [6, 6.07) is 3.90. The van der Waals surface area contributed by atoms with E-state index in [1.807, 2.05) is 18.3 Å². The summed E-state index contributed by atoms with van der Waals surface area (Å²) in [5, 5.41) is 3.12. The Morgan fingerprint density at radius 1 is 1.26 bits per heavy atom. The molecule has 1 heterocycles. The van der Waals surface area contributed by atoms with E-state index in [1.165, 1.54) is 0 Å². The first-order valence-electron chi connectivity index (χ1n) is 6.88. The fourth-order valence-electron chi connectivity index (χ4n) is 2.61. The summed E-state index contributed by atoms with van der Waals surface area (Å²) in [6.07, 6.45) is 5.77. The van der Waals surface area contributed by atoms with Crippen molar-refractivity contribution in [3.63, 3.8) is 0 Å². The number of hydrogen-bond donors (Lipinski definition) is 1. The van der Waals surface area contributed by atoms with Crippen LogP contribution < -0.4 is 5.32 Å². The number of carbonyl (C=O) groups excluding carboxylic acids is 1. The summed E-state index contributed by atoms with van der Waals surface area (Å²) < 4.78 is 0. The number of nitrogens with one attached hydrogen (secondary N) is 1. The van der Waals surface area contributed by atoms with Crippen molar-refractivity contribution in [2.75, 3.05) is 0 Å². The Morgan fingerprint density at radius 2 is 1.95 bits per heavy atom. The van der Waals surface area contributed by atoms with Gasteiger partial charge in [-0.05, 0) is 43.7 Å². The molecule has 0 unspecified atom stereocenters. The number of amides is 1. The molecule has 0 spiro atoms. The second-order valence-corrected chi connectivity index (χ2v) is 7.03. The minimum absolute atomic E-state index is 0.109. The van der Waals surface area contributed by atoms with Crippen molar-refractivity contribution in [3.8, 4) is 0 Å². The van der Waals surface area contributed by atoms with Crippen molar-refractivity contribution >= 4 is 5.91 Å². The van der Waals surface area contributed by atoms with Crippen LogP contribution in [0.3, 0.4) is 0 Å². The SMILES string of the molecule is CC(C)(C)CC(C)(C)NC(=O)CCc1cccnc1. The first-order valence-corrected chi connectivity index (χ1v) is 6.88. The zero-order chi connectivity index (χ0) is 14.5. The molecule has 1 amide bonds. The highest BCUT2D eigenvalue weighted by molar-refractivity contribution is 5.76. The minimum atomic E-state index is -0.162. The molecule has 0 aliphatic carbocycles. The highest BCUT2D eigenvalue weighted by Gasteiger charge is 2.26. The van der Waals surface area contributed by atoms with Crippen LogP contribution in [0.2, 0.25) is 0 Å². The lowest BCUT2D eigenvalue weighted by atomic mass is 9.81. The molecule has 0 saturated heterocycles. The second-order valence-electron chi connectivity index (χ2n) is 7.03. The highest BCUT2D eigenvalue weighted by atomic mass is 16.1. The molecule has 1 rings (SSSR count). The lowest BCUT2D eigenvalue weighted by molar-refractivity contribution is -0.122. The van der Waals surface area contributed by atoms with Crippen molar-refractivity contribution in [3.05, 3.63) is 30.1 Å². The third-order valence-corrected chi connectivity index (χ3v) is 2.81. The lowest BCUT2D eigenvalue weighted by Gasteiger charge is -2.33. The molecule has 0 aliphatic rings. The van der Waals surface area contributed by atoms with Gasteiger partial charge in [0.05, 0.1) is 0 Å². The Hall–Kier alpha value is -1.38. The fraction of sp³-hybridized carbons (Fsp3) is 0.625. The van der Waals surface area contributed by atoms with Gasteiger partial charge in [-0.1, -0.05) is 26.8 Å². The van der Waals surface area contributed by atoms with E-state index in [-0.39, 0.29) is 16.9 Å². The summed E-state index contributed by atoms with van der Waals surface area (Å²) in [5.41, 5.74) is 1.15. The Morgan fingerprint density at radius 3 is 2.47 bits per heavy atom. The Kier molecular flexibility index (Phi) is 5.10. The van der Waals surface area contributed by atoms with E-state index < -0.39 is 0 Å². The predicted octanol–water partition coefficient (Wildman–Crippen LogP) is 3.35. The van der Waals surface area contributed by atoms with Crippen molar-refractivity contribution in [2.24, 2.45) is 5.41 Å². The van der Waals surface area contributed by atoms with E-state index in [4.69, 9.17) is 0 Å². The molecule has 0 atom stereocenters. The van der Waals surface area contributed by atoms with Crippen molar-refractivity contribution in [1.29, 1.82) is 0 Å². The summed E-state index contributed by atoms with van der Waals surface area (Å²) in [4.78, 5) is 16.0. The van der Waals surface area contributed by atoms with Gasteiger partial charge in [-0.15, -0.1) is 0 Å². The second kappa shape index (κ2) is 6.18. The normalized spacial score (nSPS) is 12.3. The number of aryl methyl sites for hydroxylation is 1. The number of rotatable bonds is 5. The average molecular weight is 262 g/mol. The minimum Gasteiger partial charge on any atom is -0.351 e. The van der Waals surface area contributed by atoms with E-state index in [0.717, 1.165) is 18.4 Å². The van der Waals surface area contributed by atoms with Crippen LogP contribution in [-0.4, -0.2) is 16.4 Å². The molecule has 0 saturated carbocycles. The van der Waals surface area contributed by atoms with Crippen LogP contribution in [0.4, 0.5) is 0 Å². The van der Waals surface area contributed by atoms with Crippen LogP contribution in [0.15, 0.2) is 24.5 Å². The largest absolute Gasteiger partial charge is 0.351 e. The maximum Gasteiger partial charge on any atom is 0.220 e. The molecule has 0 aliphatic heterocycles. The van der Waals surface area contributed by atoms with Crippen molar-refractivity contribution in [2.45, 2.75) is 59.4 Å². The highest BCUT2D eigenvalue weighted by Crippen LogP contribution is 2.26. The van der Waals surface area contributed by atoms with Gasteiger partial charge in [0.25, 0.3) is 0 Å². The zero-order valence-corrected chi connectivity index (χ0v) is 12.8. The molecule has 3 nitrogen and oxygen atoms in total. The maximum absolute atomic E-state index is 12.0. The zero-order valence-electron chi connectivity index (χ0n) is 12.8. The number of pyridine rings is 1. The Bertz CT molecular complexity index is 405. The molecular weight excluding hydrogens is 236 g/mol. The van der Waals surface area contributed by atoms with Crippen molar-refractivity contribution < 1.29 is 4.79 Å². The van der Waals surface area contributed by atoms with Gasteiger partial charge in [0.15, 0.2) is 0 Å². The quantitative estimate of drug-likeness (QED) is 0.884. The molecule has 0 aromatic carbocycles. The molecule has 1 N–H and O–H groups in total. The summed E-state index contributed by atoms with van der Waals surface area (Å²) in [5.74, 6) is 0.109. The van der Waals surface area contributed by atoms with Gasteiger partial charge >= 0.3 is 0 Å². The monoisotopic (exact) mass is 262 g/mol. The average Bonchev–Trinajstić information content (AvgIpc) is 2.23. The molecule has 1 aromatic rings. The molecule has 0 bridgehead atoms. The molecular formula is C16H26N2O. The molecule has 106 valence electrons. The molecule has 19 heavy (non-hydrogen) atoms. The molecule has 0 radical (unpaired) electrons. The van der Waals surface area contributed by atoms with Gasteiger partial charge in [0.1, 0.15) is 0 Å². The van der Waals surface area contributed by atoms with Crippen LogP contribution in [0.1, 0.15) is 53.0 Å². The summed E-state index contributed by atoms with van der Waals surface area (Å²) >= 11 is 0. The van der Waals surface area contributed by atoms with Gasteiger partial charge in [-0.2, -0.15) is 0 Å². The Balaban J connectivity index is 2.43. The van der Waals surface area contributed by atoms with Gasteiger partial charge in [0, 0.05) is 24.4 Å². The smallest absolute Gasteiger partial charge is 0.220 e.